The number of fused-ring (bicyclic) bond motifs is 1. The number of carbonyl (C=O) groups is 1. The van der Waals surface area contributed by atoms with Crippen LogP contribution in [0.2, 0.25) is 5.02 Å². The Morgan fingerprint density at radius 3 is 2.64 bits per heavy atom. The lowest BCUT2D eigenvalue weighted by Gasteiger charge is -2.29. The number of nitrogens with one attached hydrogen (secondary N) is 1. The molecule has 2 aromatic carbocycles. The van der Waals surface area contributed by atoms with Crippen LogP contribution in [0.4, 0.5) is 11.4 Å². The number of benzene rings is 2. The van der Waals surface area contributed by atoms with Crippen molar-refractivity contribution in [3.63, 3.8) is 0 Å². The number of hydrogen-bond donors (Lipinski definition) is 1. The molecule has 0 bridgehead atoms. The van der Waals surface area contributed by atoms with Crippen LogP contribution in [-0.4, -0.2) is 27.5 Å². The van der Waals surface area contributed by atoms with Gasteiger partial charge in [-0.15, -0.1) is 0 Å². The molecule has 0 atom stereocenters. The van der Waals surface area contributed by atoms with E-state index in [2.05, 4.69) is 4.72 Å². The molecule has 3 rings (SSSR count). The van der Waals surface area contributed by atoms with Crippen LogP contribution >= 0.6 is 11.6 Å². The standard InChI is InChI=1S/C17H17ClN2O4S/c1-12(21)20-8-9-24-17-7-6-15(10-16(17)20)19-25(22,23)11-13-2-4-14(18)5-3-13/h2-7,10,19H,8-9,11H2,1H3. The third-order valence-corrected chi connectivity index (χ3v) is 5.26. The molecule has 1 N–H and O–H groups in total. The molecule has 6 nitrogen and oxygen atoms in total. The summed E-state index contributed by atoms with van der Waals surface area (Å²) >= 11 is 5.81. The maximum Gasteiger partial charge on any atom is 0.236 e. The Morgan fingerprint density at radius 1 is 1.24 bits per heavy atom. The summed E-state index contributed by atoms with van der Waals surface area (Å²) in [6.07, 6.45) is 0. The number of hydrogen-bond acceptors (Lipinski definition) is 4. The molecule has 0 aliphatic carbocycles. The van der Waals surface area contributed by atoms with Gasteiger partial charge in [0.1, 0.15) is 12.4 Å². The Labute approximate surface area is 151 Å². The molecular weight excluding hydrogens is 364 g/mol. The van der Waals surface area contributed by atoms with E-state index in [1.165, 1.54) is 6.92 Å². The lowest BCUT2D eigenvalue weighted by atomic mass is 10.2. The van der Waals surface area contributed by atoms with Gasteiger partial charge in [0.15, 0.2) is 0 Å². The SMILES string of the molecule is CC(=O)N1CCOc2ccc(NS(=O)(=O)Cc3ccc(Cl)cc3)cc21. The molecule has 1 aliphatic rings. The van der Waals surface area contributed by atoms with Gasteiger partial charge < -0.3 is 9.64 Å². The average Bonchev–Trinajstić information content (AvgIpc) is 2.55. The normalized spacial score (nSPS) is 13.8. The van der Waals surface area contributed by atoms with Crippen molar-refractivity contribution in [2.24, 2.45) is 0 Å². The third-order valence-electron chi connectivity index (χ3n) is 3.75. The quantitative estimate of drug-likeness (QED) is 0.884. The maximum absolute atomic E-state index is 12.4. The fourth-order valence-corrected chi connectivity index (χ4v) is 3.94. The van der Waals surface area contributed by atoms with E-state index in [9.17, 15) is 13.2 Å². The van der Waals surface area contributed by atoms with Crippen molar-refractivity contribution in [3.8, 4) is 5.75 Å². The summed E-state index contributed by atoms with van der Waals surface area (Å²) in [5, 5.41) is 0.549. The maximum atomic E-state index is 12.4. The second-order valence-corrected chi connectivity index (χ2v) is 7.85. The molecule has 0 saturated heterocycles. The van der Waals surface area contributed by atoms with E-state index in [0.29, 0.717) is 40.9 Å². The molecule has 25 heavy (non-hydrogen) atoms. The lowest BCUT2D eigenvalue weighted by Crippen LogP contribution is -2.36. The third kappa shape index (κ3) is 4.24. The first-order valence-corrected chi connectivity index (χ1v) is 9.67. The summed E-state index contributed by atoms with van der Waals surface area (Å²) in [6.45, 7) is 2.31. The molecule has 2 aromatic rings. The molecule has 1 aliphatic heterocycles. The summed E-state index contributed by atoms with van der Waals surface area (Å²) in [5.41, 5.74) is 1.57. The molecule has 0 saturated carbocycles. The Hall–Kier alpha value is -2.25. The Balaban J connectivity index is 1.81. The first-order chi connectivity index (χ1) is 11.8. The zero-order valence-corrected chi connectivity index (χ0v) is 15.1. The van der Waals surface area contributed by atoms with E-state index in [1.54, 1.807) is 47.4 Å². The summed E-state index contributed by atoms with van der Waals surface area (Å²) in [5.74, 6) is 0.265. The molecule has 0 spiro atoms. The van der Waals surface area contributed by atoms with Crippen molar-refractivity contribution in [3.05, 3.63) is 53.1 Å². The monoisotopic (exact) mass is 380 g/mol. The van der Waals surface area contributed by atoms with Gasteiger partial charge in [0.25, 0.3) is 0 Å². The van der Waals surface area contributed by atoms with Crippen LogP contribution in [0, 0.1) is 0 Å². The number of nitrogens with zero attached hydrogens (tertiary/aromatic N) is 1. The summed E-state index contributed by atoms with van der Waals surface area (Å²) < 4.78 is 32.8. The fraction of sp³-hybridized carbons (Fsp3) is 0.235. The Morgan fingerprint density at radius 2 is 1.96 bits per heavy atom. The second-order valence-electron chi connectivity index (χ2n) is 5.69. The highest BCUT2D eigenvalue weighted by Crippen LogP contribution is 2.34. The topological polar surface area (TPSA) is 75.7 Å². The van der Waals surface area contributed by atoms with E-state index < -0.39 is 10.0 Å². The number of rotatable bonds is 4. The van der Waals surface area contributed by atoms with Crippen LogP contribution in [0.25, 0.3) is 0 Å². The summed E-state index contributed by atoms with van der Waals surface area (Å²) in [6, 6.07) is 11.5. The smallest absolute Gasteiger partial charge is 0.236 e. The molecule has 0 unspecified atom stereocenters. The predicted molar refractivity (Wildman–Crippen MR) is 97.7 cm³/mol. The highest BCUT2D eigenvalue weighted by Gasteiger charge is 2.22. The van der Waals surface area contributed by atoms with E-state index in [0.717, 1.165) is 0 Å². The number of halogens is 1. The van der Waals surface area contributed by atoms with Crippen molar-refractivity contribution in [2.45, 2.75) is 12.7 Å². The van der Waals surface area contributed by atoms with Gasteiger partial charge in [-0.1, -0.05) is 23.7 Å². The van der Waals surface area contributed by atoms with E-state index in [1.807, 2.05) is 0 Å². The van der Waals surface area contributed by atoms with Crippen molar-refractivity contribution in [1.82, 2.24) is 0 Å². The summed E-state index contributed by atoms with van der Waals surface area (Å²) in [4.78, 5) is 13.3. The number of ether oxygens (including phenoxy) is 1. The van der Waals surface area contributed by atoms with Gasteiger partial charge in [0, 0.05) is 11.9 Å². The van der Waals surface area contributed by atoms with Crippen LogP contribution in [-0.2, 0) is 20.6 Å². The largest absolute Gasteiger partial charge is 0.490 e. The van der Waals surface area contributed by atoms with Crippen molar-refractivity contribution in [1.29, 1.82) is 0 Å². The molecule has 0 aromatic heterocycles. The van der Waals surface area contributed by atoms with Crippen LogP contribution in [0.15, 0.2) is 42.5 Å². The summed E-state index contributed by atoms with van der Waals surface area (Å²) in [7, 11) is -3.60. The van der Waals surface area contributed by atoms with Crippen LogP contribution in [0.5, 0.6) is 5.75 Å². The van der Waals surface area contributed by atoms with Gasteiger partial charge in [-0.05, 0) is 35.9 Å². The van der Waals surface area contributed by atoms with Crippen molar-refractivity contribution < 1.29 is 17.9 Å². The number of anilines is 2. The van der Waals surface area contributed by atoms with Crippen LogP contribution in [0.3, 0.4) is 0 Å². The van der Waals surface area contributed by atoms with Gasteiger partial charge in [0.05, 0.1) is 23.7 Å². The number of carbonyl (C=O) groups excluding carboxylic acids is 1. The van der Waals surface area contributed by atoms with Gasteiger partial charge in [0.2, 0.25) is 15.9 Å². The van der Waals surface area contributed by atoms with E-state index >= 15 is 0 Å². The molecule has 1 amide bonds. The van der Waals surface area contributed by atoms with Crippen molar-refractivity contribution in [2.75, 3.05) is 22.8 Å². The first-order valence-electron chi connectivity index (χ1n) is 7.64. The zero-order valence-electron chi connectivity index (χ0n) is 13.5. The minimum absolute atomic E-state index is 0.120. The minimum atomic E-state index is -3.60. The number of sulfonamides is 1. The Bertz CT molecular complexity index is 897. The molecular formula is C17H17ClN2O4S. The first kappa shape index (κ1) is 17.6. The molecule has 132 valence electrons. The second kappa shape index (κ2) is 6.93. The predicted octanol–water partition coefficient (Wildman–Crippen LogP) is 3.03. The van der Waals surface area contributed by atoms with Crippen molar-refractivity contribution >= 4 is 38.9 Å². The number of amides is 1. The fourth-order valence-electron chi connectivity index (χ4n) is 2.62. The van der Waals surface area contributed by atoms with Gasteiger partial charge >= 0.3 is 0 Å². The van der Waals surface area contributed by atoms with Crippen LogP contribution < -0.4 is 14.4 Å². The molecule has 8 heteroatoms. The van der Waals surface area contributed by atoms with Gasteiger partial charge in [-0.25, -0.2) is 8.42 Å². The highest BCUT2D eigenvalue weighted by atomic mass is 35.5. The van der Waals surface area contributed by atoms with Gasteiger partial charge in [-0.2, -0.15) is 0 Å². The highest BCUT2D eigenvalue weighted by molar-refractivity contribution is 7.91. The molecule has 0 radical (unpaired) electrons. The van der Waals surface area contributed by atoms with E-state index in [-0.39, 0.29) is 11.7 Å². The molecule has 1 heterocycles. The zero-order chi connectivity index (χ0) is 18.0. The lowest BCUT2D eigenvalue weighted by molar-refractivity contribution is -0.116. The molecule has 0 fully saturated rings. The van der Waals surface area contributed by atoms with Crippen LogP contribution in [0.1, 0.15) is 12.5 Å². The minimum Gasteiger partial charge on any atom is -0.490 e. The van der Waals surface area contributed by atoms with Gasteiger partial charge in [-0.3, -0.25) is 9.52 Å². The average molecular weight is 381 g/mol. The van der Waals surface area contributed by atoms with E-state index in [4.69, 9.17) is 16.3 Å². The Kier molecular flexibility index (Phi) is 4.87.